The Labute approximate surface area is 116 Å². The van der Waals surface area contributed by atoms with Crippen molar-refractivity contribution in [3.05, 3.63) is 30.5 Å². The number of hydrogen-bond donors (Lipinski definition) is 0. The van der Waals surface area contributed by atoms with E-state index in [0.717, 1.165) is 25.1 Å². The summed E-state index contributed by atoms with van der Waals surface area (Å²) in [6.45, 7) is 3.12. The van der Waals surface area contributed by atoms with Crippen LogP contribution in [0.2, 0.25) is 0 Å². The van der Waals surface area contributed by atoms with E-state index in [1.54, 1.807) is 6.26 Å². The second-order valence-electron chi connectivity index (χ2n) is 5.26. The topological polar surface area (TPSA) is 77.1 Å². The maximum Gasteiger partial charge on any atom is 0.245 e. The van der Waals surface area contributed by atoms with Gasteiger partial charge in [-0.25, -0.2) is 4.68 Å². The van der Waals surface area contributed by atoms with Crippen LogP contribution >= 0.6 is 0 Å². The van der Waals surface area contributed by atoms with Crippen molar-refractivity contribution in [2.45, 2.75) is 32.4 Å². The largest absolute Gasteiger partial charge is 0.467 e. The third kappa shape index (κ3) is 2.56. The highest BCUT2D eigenvalue weighted by Crippen LogP contribution is 2.34. The first-order valence-corrected chi connectivity index (χ1v) is 6.77. The summed E-state index contributed by atoms with van der Waals surface area (Å²) < 4.78 is 6.94. The first-order chi connectivity index (χ1) is 9.74. The predicted octanol–water partition coefficient (Wildman–Crippen LogP) is 1.27. The quantitative estimate of drug-likeness (QED) is 0.843. The van der Waals surface area contributed by atoms with E-state index >= 15 is 0 Å². The minimum Gasteiger partial charge on any atom is -0.467 e. The molecule has 0 saturated carbocycles. The highest BCUT2D eigenvalue weighted by Gasteiger charge is 2.32. The van der Waals surface area contributed by atoms with Crippen LogP contribution in [0.4, 0.5) is 0 Å². The molecule has 0 radical (unpaired) electrons. The molecule has 1 aliphatic heterocycles. The van der Waals surface area contributed by atoms with E-state index in [-0.39, 0.29) is 18.5 Å². The van der Waals surface area contributed by atoms with Crippen LogP contribution in [0.15, 0.2) is 29.1 Å². The van der Waals surface area contributed by atoms with E-state index in [9.17, 15) is 4.79 Å². The molecule has 0 spiro atoms. The molecule has 1 fully saturated rings. The van der Waals surface area contributed by atoms with Crippen LogP contribution in [-0.4, -0.2) is 37.6 Å². The van der Waals surface area contributed by atoms with E-state index in [2.05, 4.69) is 22.4 Å². The molecule has 0 aromatic carbocycles. The molecule has 7 nitrogen and oxygen atoms in total. The zero-order chi connectivity index (χ0) is 13.9. The van der Waals surface area contributed by atoms with Crippen LogP contribution in [0, 0.1) is 5.92 Å². The van der Waals surface area contributed by atoms with Gasteiger partial charge in [-0.15, -0.1) is 5.10 Å². The average molecular weight is 275 g/mol. The van der Waals surface area contributed by atoms with Crippen molar-refractivity contribution in [1.29, 1.82) is 0 Å². The van der Waals surface area contributed by atoms with Gasteiger partial charge in [0.1, 0.15) is 18.6 Å². The lowest BCUT2D eigenvalue weighted by Crippen LogP contribution is -2.42. The molecule has 7 heteroatoms. The number of tetrazole rings is 1. The Morgan fingerprint density at radius 2 is 2.45 bits per heavy atom. The first-order valence-electron chi connectivity index (χ1n) is 6.77. The molecule has 2 atom stereocenters. The molecule has 3 rings (SSSR count). The maximum atomic E-state index is 12.4. The number of furan rings is 1. The van der Waals surface area contributed by atoms with Crippen LogP contribution in [0.3, 0.4) is 0 Å². The molecule has 0 bridgehead atoms. The minimum absolute atomic E-state index is 0.0118. The fraction of sp³-hybridized carbons (Fsp3) is 0.538. The molecule has 0 aliphatic carbocycles. The predicted molar refractivity (Wildman–Crippen MR) is 69.4 cm³/mol. The minimum atomic E-state index is 0.0118. The summed E-state index contributed by atoms with van der Waals surface area (Å²) in [5.41, 5.74) is 0. The van der Waals surface area contributed by atoms with Crippen molar-refractivity contribution in [3.8, 4) is 0 Å². The summed E-state index contributed by atoms with van der Waals surface area (Å²) in [6.07, 6.45) is 5.04. The van der Waals surface area contributed by atoms with Crippen molar-refractivity contribution >= 4 is 5.91 Å². The fourth-order valence-electron chi connectivity index (χ4n) is 2.67. The van der Waals surface area contributed by atoms with Gasteiger partial charge in [0.2, 0.25) is 5.91 Å². The van der Waals surface area contributed by atoms with Crippen LogP contribution in [0.5, 0.6) is 0 Å². The van der Waals surface area contributed by atoms with Crippen molar-refractivity contribution in [1.82, 2.24) is 25.1 Å². The Hall–Kier alpha value is -2.18. The van der Waals surface area contributed by atoms with Crippen LogP contribution < -0.4 is 0 Å². The Balaban J connectivity index is 1.77. The molecular weight excluding hydrogens is 258 g/mol. The fourth-order valence-corrected chi connectivity index (χ4v) is 2.67. The Kier molecular flexibility index (Phi) is 3.49. The number of rotatable bonds is 3. The highest BCUT2D eigenvalue weighted by atomic mass is 16.3. The summed E-state index contributed by atoms with van der Waals surface area (Å²) in [6, 6.07) is 3.80. The number of piperidine rings is 1. The molecule has 2 aromatic heterocycles. The third-order valence-electron chi connectivity index (χ3n) is 3.75. The van der Waals surface area contributed by atoms with Gasteiger partial charge in [0.25, 0.3) is 0 Å². The molecule has 20 heavy (non-hydrogen) atoms. The summed E-state index contributed by atoms with van der Waals surface area (Å²) in [4.78, 5) is 14.3. The van der Waals surface area contributed by atoms with Gasteiger partial charge >= 0.3 is 0 Å². The molecule has 0 N–H and O–H groups in total. The summed E-state index contributed by atoms with van der Waals surface area (Å²) in [7, 11) is 0. The zero-order valence-corrected chi connectivity index (χ0v) is 11.3. The van der Waals surface area contributed by atoms with Crippen LogP contribution in [0.1, 0.15) is 31.6 Å². The van der Waals surface area contributed by atoms with E-state index in [0.29, 0.717) is 5.92 Å². The van der Waals surface area contributed by atoms with Gasteiger partial charge in [-0.1, -0.05) is 6.92 Å². The second kappa shape index (κ2) is 5.44. The lowest BCUT2D eigenvalue weighted by Gasteiger charge is -2.37. The summed E-state index contributed by atoms with van der Waals surface area (Å²) in [5.74, 6) is 1.45. The van der Waals surface area contributed by atoms with Gasteiger partial charge in [-0.2, -0.15) is 0 Å². The first kappa shape index (κ1) is 12.8. The van der Waals surface area contributed by atoms with Crippen molar-refractivity contribution in [3.63, 3.8) is 0 Å². The van der Waals surface area contributed by atoms with E-state index in [1.165, 1.54) is 11.0 Å². The van der Waals surface area contributed by atoms with E-state index < -0.39 is 0 Å². The normalized spacial score (nSPS) is 22.9. The van der Waals surface area contributed by atoms with Crippen LogP contribution in [-0.2, 0) is 11.3 Å². The van der Waals surface area contributed by atoms with Crippen molar-refractivity contribution < 1.29 is 9.21 Å². The maximum absolute atomic E-state index is 12.4. The Morgan fingerprint density at radius 1 is 1.55 bits per heavy atom. The molecule has 1 saturated heterocycles. The number of aromatic nitrogens is 4. The van der Waals surface area contributed by atoms with Gasteiger partial charge in [-0.3, -0.25) is 4.79 Å². The van der Waals surface area contributed by atoms with Crippen molar-refractivity contribution in [2.24, 2.45) is 5.92 Å². The number of nitrogens with zero attached hydrogens (tertiary/aromatic N) is 5. The second-order valence-corrected chi connectivity index (χ2v) is 5.26. The number of carbonyl (C=O) groups excluding carboxylic acids is 1. The lowest BCUT2D eigenvalue weighted by atomic mass is 9.91. The summed E-state index contributed by atoms with van der Waals surface area (Å²) in [5, 5.41) is 10.8. The molecule has 1 amide bonds. The molecule has 106 valence electrons. The number of amides is 1. The van der Waals surface area contributed by atoms with Crippen LogP contribution in [0.25, 0.3) is 0 Å². The molecule has 3 heterocycles. The molecule has 0 unspecified atom stereocenters. The zero-order valence-electron chi connectivity index (χ0n) is 11.3. The smallest absolute Gasteiger partial charge is 0.245 e. The standard InChI is InChI=1S/C13H17N5O2/c1-10-4-5-18(11(7-10)12-3-2-6-20-12)13(19)8-17-9-14-15-16-17/h2-3,6,9-11H,4-5,7-8H2,1H3/t10-,11-/m0/s1. The third-order valence-corrected chi connectivity index (χ3v) is 3.75. The number of hydrogen-bond acceptors (Lipinski definition) is 5. The molecule has 1 aliphatic rings. The summed E-state index contributed by atoms with van der Waals surface area (Å²) >= 11 is 0. The SMILES string of the molecule is C[C@H]1CCN(C(=O)Cn2cnnn2)[C@H](c2ccco2)C1. The van der Waals surface area contributed by atoms with Gasteiger partial charge in [0.05, 0.1) is 12.3 Å². The van der Waals surface area contributed by atoms with Gasteiger partial charge in [-0.05, 0) is 41.3 Å². The monoisotopic (exact) mass is 275 g/mol. The van der Waals surface area contributed by atoms with E-state index in [4.69, 9.17) is 4.42 Å². The number of carbonyl (C=O) groups is 1. The van der Waals surface area contributed by atoms with Gasteiger partial charge in [0.15, 0.2) is 0 Å². The highest BCUT2D eigenvalue weighted by molar-refractivity contribution is 5.76. The average Bonchev–Trinajstić information content (AvgIpc) is 3.11. The number of likely N-dealkylation sites (tertiary alicyclic amines) is 1. The van der Waals surface area contributed by atoms with E-state index in [1.807, 2.05) is 17.0 Å². The Bertz CT molecular complexity index is 551. The Morgan fingerprint density at radius 3 is 3.15 bits per heavy atom. The van der Waals surface area contributed by atoms with Gasteiger partial charge in [0, 0.05) is 6.54 Å². The molecule has 2 aromatic rings. The van der Waals surface area contributed by atoms with Crippen molar-refractivity contribution in [2.75, 3.05) is 6.54 Å². The lowest BCUT2D eigenvalue weighted by molar-refractivity contribution is -0.137. The molecular formula is C13H17N5O2. The van der Waals surface area contributed by atoms with Gasteiger partial charge < -0.3 is 9.32 Å².